The lowest BCUT2D eigenvalue weighted by Gasteiger charge is -2.38. The smallest absolute Gasteiger partial charge is 0.0107 e. The molecule has 0 unspecified atom stereocenters. The van der Waals surface area contributed by atoms with Gasteiger partial charge < -0.3 is 0 Å². The molecule has 0 radical (unpaired) electrons. The summed E-state index contributed by atoms with van der Waals surface area (Å²) in [5.41, 5.74) is 9.03. The lowest BCUT2D eigenvalue weighted by atomic mass is 9.66. The van der Waals surface area contributed by atoms with Crippen molar-refractivity contribution in [1.29, 1.82) is 0 Å². The molecule has 0 amide bonds. The Bertz CT molecular complexity index is 1870. The van der Waals surface area contributed by atoms with Gasteiger partial charge in [0.25, 0.3) is 0 Å². The summed E-state index contributed by atoms with van der Waals surface area (Å²) in [6.45, 7) is 21.8. The van der Waals surface area contributed by atoms with Crippen molar-refractivity contribution in [2.24, 2.45) is 16.7 Å². The first-order valence-corrected chi connectivity index (χ1v) is 20.6. The molecule has 2 atom stereocenters. The lowest BCUT2D eigenvalue weighted by molar-refractivity contribution is 0.189. The molecule has 1 saturated carbocycles. The Morgan fingerprint density at radius 1 is 0.574 bits per heavy atom. The van der Waals surface area contributed by atoms with Gasteiger partial charge in [0, 0.05) is 20.6 Å². The van der Waals surface area contributed by atoms with E-state index >= 15 is 0 Å². The van der Waals surface area contributed by atoms with Crippen molar-refractivity contribution in [2.45, 2.75) is 75.2 Å². The number of fused-ring (bicyclic) bond motifs is 2. The molecule has 2 bridgehead atoms. The van der Waals surface area contributed by atoms with Crippen molar-refractivity contribution in [3.63, 3.8) is 0 Å². The van der Waals surface area contributed by atoms with Crippen LogP contribution in [0, 0.1) is 58.3 Å². The Kier molecular flexibility index (Phi) is 8.53. The summed E-state index contributed by atoms with van der Waals surface area (Å²) in [6.07, 6.45) is 2.54. The summed E-state index contributed by atoms with van der Waals surface area (Å²) in [5, 5.41) is 9.26. The first-order valence-electron chi connectivity index (χ1n) is 17.1. The van der Waals surface area contributed by atoms with E-state index in [1.54, 1.807) is 21.8 Å². The largest absolute Gasteiger partial charge is 0.145 e. The highest BCUT2D eigenvalue weighted by atomic mass is 32.1. The topological polar surface area (TPSA) is 0 Å². The van der Waals surface area contributed by atoms with Gasteiger partial charge in [-0.15, -0.1) is 11.3 Å². The maximum Gasteiger partial charge on any atom is 0.0107 e. The molecule has 0 N–H and O–H groups in total. The van der Waals surface area contributed by atoms with E-state index in [9.17, 15) is 0 Å². The number of rotatable bonds is 7. The molecule has 4 aromatic carbocycles. The van der Waals surface area contributed by atoms with Crippen LogP contribution < -0.4 is 26.5 Å². The predicted molar refractivity (Wildman–Crippen MR) is 212 cm³/mol. The van der Waals surface area contributed by atoms with E-state index in [0.717, 1.165) is 0 Å². The van der Waals surface area contributed by atoms with E-state index in [1.165, 1.54) is 66.1 Å². The van der Waals surface area contributed by atoms with E-state index in [1.807, 2.05) is 11.3 Å². The number of thiophene rings is 1. The van der Waals surface area contributed by atoms with Gasteiger partial charge in [-0.1, -0.05) is 140 Å². The molecule has 1 fully saturated rings. The molecule has 5 aromatic rings. The van der Waals surface area contributed by atoms with Crippen molar-refractivity contribution in [3.05, 3.63) is 140 Å². The summed E-state index contributed by atoms with van der Waals surface area (Å²) in [5.74, 6) is 0.558. The van der Waals surface area contributed by atoms with E-state index in [-0.39, 0.29) is 10.8 Å². The number of aryl methyl sites for hydroxylation is 6. The molecule has 2 aliphatic rings. The van der Waals surface area contributed by atoms with Crippen molar-refractivity contribution in [3.8, 4) is 0 Å². The van der Waals surface area contributed by atoms with Crippen LogP contribution in [0.4, 0.5) is 0 Å². The maximum absolute atomic E-state index is 2.63. The zero-order chi connectivity index (χ0) is 33.2. The van der Waals surface area contributed by atoms with E-state index in [4.69, 9.17) is 0 Å². The van der Waals surface area contributed by atoms with E-state index in [2.05, 4.69) is 159 Å². The van der Waals surface area contributed by atoms with Gasteiger partial charge in [-0.05, 0) is 119 Å². The van der Waals surface area contributed by atoms with Crippen molar-refractivity contribution in [1.82, 2.24) is 0 Å². The molecule has 1 heterocycles. The van der Waals surface area contributed by atoms with Crippen LogP contribution in [0.5, 0.6) is 0 Å². The summed E-state index contributed by atoms with van der Waals surface area (Å²) in [6, 6.07) is 37.5. The summed E-state index contributed by atoms with van der Waals surface area (Å²) < 4.78 is 0. The van der Waals surface area contributed by atoms with Gasteiger partial charge in [0.2, 0.25) is 0 Å². The zero-order valence-corrected chi connectivity index (χ0v) is 32.1. The van der Waals surface area contributed by atoms with Crippen LogP contribution in [0.1, 0.15) is 71.2 Å². The molecule has 0 nitrogen and oxygen atoms in total. The average molecular weight is 671 g/mol. The van der Waals surface area contributed by atoms with Crippen LogP contribution in [0.15, 0.2) is 102 Å². The molecule has 1 aromatic heterocycles. The fraction of sp³-hybridized carbons (Fsp3) is 0.318. The third-order valence-electron chi connectivity index (χ3n) is 11.3. The van der Waals surface area contributed by atoms with Crippen LogP contribution >= 0.6 is 27.2 Å². The van der Waals surface area contributed by atoms with Crippen LogP contribution in [-0.2, 0) is 0 Å². The SMILES string of the molecule is Cc1cc(C)cc(P(C2=C(c3c(C)sc(C)c3P(c3ccccc3)c3ccccc3)[C@]3(C)CC[C@H]2C3(C)C)c2cc(C)cc(C)c2)c1. The minimum atomic E-state index is -0.737. The minimum absolute atomic E-state index is 0.104. The highest BCUT2D eigenvalue weighted by Crippen LogP contribution is 2.76. The molecule has 0 saturated heterocycles. The first kappa shape index (κ1) is 32.7. The zero-order valence-electron chi connectivity index (χ0n) is 29.5. The highest BCUT2D eigenvalue weighted by Gasteiger charge is 2.62. The third kappa shape index (κ3) is 5.42. The molecular formula is C44H48P2S. The normalized spacial score (nSPS) is 20.2. The second-order valence-corrected chi connectivity index (χ2v) is 20.6. The fourth-order valence-electron chi connectivity index (χ4n) is 8.94. The minimum Gasteiger partial charge on any atom is -0.145 e. The molecule has 240 valence electrons. The molecule has 2 aliphatic carbocycles. The van der Waals surface area contributed by atoms with Gasteiger partial charge in [-0.2, -0.15) is 0 Å². The van der Waals surface area contributed by atoms with Gasteiger partial charge in [0.1, 0.15) is 0 Å². The van der Waals surface area contributed by atoms with Gasteiger partial charge >= 0.3 is 0 Å². The Labute approximate surface area is 289 Å². The molecular weight excluding hydrogens is 622 g/mol. The summed E-state index contributed by atoms with van der Waals surface area (Å²) in [7, 11) is -1.47. The monoisotopic (exact) mass is 670 g/mol. The van der Waals surface area contributed by atoms with Crippen molar-refractivity contribution in [2.75, 3.05) is 0 Å². The molecule has 47 heavy (non-hydrogen) atoms. The Morgan fingerprint density at radius 3 is 1.51 bits per heavy atom. The van der Waals surface area contributed by atoms with Crippen molar-refractivity contribution >= 4 is 59.3 Å². The van der Waals surface area contributed by atoms with Crippen molar-refractivity contribution < 1.29 is 0 Å². The van der Waals surface area contributed by atoms with Crippen LogP contribution in [0.3, 0.4) is 0 Å². The molecule has 7 rings (SSSR count). The highest BCUT2D eigenvalue weighted by molar-refractivity contribution is 7.80. The average Bonchev–Trinajstić information content (AvgIpc) is 3.49. The molecule has 0 spiro atoms. The summed E-state index contributed by atoms with van der Waals surface area (Å²) in [4.78, 5) is 2.97. The number of hydrogen-bond donors (Lipinski definition) is 0. The van der Waals surface area contributed by atoms with Crippen LogP contribution in [0.25, 0.3) is 5.57 Å². The fourth-order valence-corrected chi connectivity index (χ4v) is 16.5. The Hall–Kier alpha value is -2.82. The van der Waals surface area contributed by atoms with E-state index < -0.39 is 15.8 Å². The number of hydrogen-bond acceptors (Lipinski definition) is 1. The molecule has 0 aliphatic heterocycles. The first-order chi connectivity index (χ1) is 22.4. The molecule has 3 heteroatoms. The second-order valence-electron chi connectivity index (χ2n) is 14.9. The second kappa shape index (κ2) is 12.3. The summed E-state index contributed by atoms with van der Waals surface area (Å²) >= 11 is 2.03. The quantitative estimate of drug-likeness (QED) is 0.151. The van der Waals surface area contributed by atoms with Crippen LogP contribution in [0.2, 0.25) is 0 Å². The van der Waals surface area contributed by atoms with Gasteiger partial charge in [-0.25, -0.2) is 0 Å². The van der Waals surface area contributed by atoms with Gasteiger partial charge in [0.15, 0.2) is 0 Å². The Balaban J connectivity index is 1.60. The third-order valence-corrected chi connectivity index (χ3v) is 17.6. The lowest BCUT2D eigenvalue weighted by Crippen LogP contribution is -2.31. The Morgan fingerprint density at radius 2 is 1.04 bits per heavy atom. The van der Waals surface area contributed by atoms with Gasteiger partial charge in [0.05, 0.1) is 0 Å². The van der Waals surface area contributed by atoms with E-state index in [0.29, 0.717) is 5.92 Å². The van der Waals surface area contributed by atoms with Gasteiger partial charge in [-0.3, -0.25) is 0 Å². The number of benzene rings is 4. The standard InChI is InChI=1S/C44H48P2S/c1-28-22-29(2)25-36(24-28)46(37-26-30(3)23-31(4)27-37)42-38-20-21-44(9,43(38,7)8)40(42)39-32(5)47-33(6)41(39)45(34-16-12-10-13-17-34)35-18-14-11-15-19-35/h10-19,22-27,38H,20-21H2,1-9H3/t38-,44+/m1/s1. The maximum atomic E-state index is 2.63. The van der Waals surface area contributed by atoms with Crippen LogP contribution in [-0.4, -0.2) is 0 Å². The predicted octanol–water partition coefficient (Wildman–Crippen LogP) is 10.7. The number of allylic oxidation sites excluding steroid dienone is 2.